The third-order valence-corrected chi connectivity index (χ3v) is 5.66. The number of ether oxygens (including phenoxy) is 2. The zero-order valence-electron chi connectivity index (χ0n) is 17.2. The fraction of sp³-hybridized carbons (Fsp3) is 0.435. The lowest BCUT2D eigenvalue weighted by Gasteiger charge is -2.30. The highest BCUT2D eigenvalue weighted by atomic mass is 35.5. The number of hydrogen-bond donors (Lipinski definition) is 2. The summed E-state index contributed by atoms with van der Waals surface area (Å²) in [6, 6.07) is 16.2. The molecule has 0 unspecified atom stereocenters. The molecule has 1 aliphatic heterocycles. The van der Waals surface area contributed by atoms with Gasteiger partial charge in [-0.15, -0.1) is 0 Å². The Kier molecular flexibility index (Phi) is 8.51. The molecule has 2 aromatic rings. The molecule has 2 atom stereocenters. The topological polar surface area (TPSA) is 71.0 Å². The summed E-state index contributed by atoms with van der Waals surface area (Å²) in [6.07, 6.45) is 0.401. The minimum Gasteiger partial charge on any atom is -0.378 e. The van der Waals surface area contributed by atoms with E-state index in [0.29, 0.717) is 18.1 Å². The van der Waals surface area contributed by atoms with Crippen molar-refractivity contribution in [3.05, 3.63) is 64.7 Å². The van der Waals surface area contributed by atoms with Gasteiger partial charge in [0.25, 0.3) is 0 Å². The van der Waals surface area contributed by atoms with E-state index < -0.39 is 5.91 Å². The first-order valence-electron chi connectivity index (χ1n) is 10.3. The molecule has 2 aromatic carbocycles. The molecule has 7 heteroatoms. The monoisotopic (exact) mass is 432 g/mol. The van der Waals surface area contributed by atoms with Crippen molar-refractivity contribution in [2.75, 3.05) is 37.8 Å². The van der Waals surface area contributed by atoms with Gasteiger partial charge < -0.3 is 14.4 Å². The maximum atomic E-state index is 11.9. The minimum atomic E-state index is -0.459. The lowest BCUT2D eigenvalue weighted by atomic mass is 9.85. The van der Waals surface area contributed by atoms with Crippen molar-refractivity contribution in [3.8, 4) is 0 Å². The quantitative estimate of drug-likeness (QED) is 0.466. The number of halogens is 1. The lowest BCUT2D eigenvalue weighted by molar-refractivity contribution is -0.132. The van der Waals surface area contributed by atoms with Crippen molar-refractivity contribution >= 4 is 23.2 Å². The van der Waals surface area contributed by atoms with Gasteiger partial charge in [0, 0.05) is 36.3 Å². The van der Waals surface area contributed by atoms with Crippen molar-refractivity contribution in [1.29, 1.82) is 0 Å². The molecule has 1 aliphatic rings. The molecule has 0 spiro atoms. The zero-order valence-corrected chi connectivity index (χ0v) is 18.0. The van der Waals surface area contributed by atoms with Gasteiger partial charge in [0.1, 0.15) is 0 Å². The normalized spacial score (nSPS) is 16.2. The number of amides is 1. The van der Waals surface area contributed by atoms with Crippen LogP contribution in [0.2, 0.25) is 5.02 Å². The van der Waals surface area contributed by atoms with Crippen LogP contribution >= 0.6 is 11.6 Å². The van der Waals surface area contributed by atoms with Gasteiger partial charge in [-0.2, -0.15) is 0 Å². The maximum Gasteiger partial charge on any atom is 0.245 e. The van der Waals surface area contributed by atoms with E-state index >= 15 is 0 Å². The number of carbonyl (C=O) groups is 1. The molecule has 0 aliphatic carbocycles. The molecule has 162 valence electrons. The van der Waals surface area contributed by atoms with Gasteiger partial charge in [0.15, 0.2) is 0 Å². The van der Waals surface area contributed by atoms with Crippen LogP contribution in [0.25, 0.3) is 0 Å². The van der Waals surface area contributed by atoms with Gasteiger partial charge in [0.2, 0.25) is 5.91 Å². The summed E-state index contributed by atoms with van der Waals surface area (Å²) in [6.45, 7) is 5.63. The van der Waals surface area contributed by atoms with Gasteiger partial charge in [-0.1, -0.05) is 35.9 Å². The van der Waals surface area contributed by atoms with E-state index in [4.69, 9.17) is 26.3 Å². The smallest absolute Gasteiger partial charge is 0.245 e. The second kappa shape index (κ2) is 11.3. The van der Waals surface area contributed by atoms with E-state index in [1.54, 1.807) is 5.48 Å². The Morgan fingerprint density at radius 1 is 1.17 bits per heavy atom. The second-order valence-electron chi connectivity index (χ2n) is 7.36. The van der Waals surface area contributed by atoms with Crippen LogP contribution in [0.3, 0.4) is 0 Å². The van der Waals surface area contributed by atoms with E-state index in [2.05, 4.69) is 29.2 Å². The first kappa shape index (κ1) is 22.6. The van der Waals surface area contributed by atoms with Crippen LogP contribution < -0.4 is 10.4 Å². The number of anilines is 1. The second-order valence-corrected chi connectivity index (χ2v) is 7.80. The first-order valence-corrected chi connectivity index (χ1v) is 10.7. The van der Waals surface area contributed by atoms with Crippen molar-refractivity contribution in [2.24, 2.45) is 0 Å². The highest BCUT2D eigenvalue weighted by Crippen LogP contribution is 2.31. The van der Waals surface area contributed by atoms with Gasteiger partial charge in [0.05, 0.1) is 25.7 Å². The molecule has 1 saturated heterocycles. The van der Waals surface area contributed by atoms with Gasteiger partial charge in [-0.3, -0.25) is 10.0 Å². The predicted molar refractivity (Wildman–Crippen MR) is 117 cm³/mol. The number of morpholine rings is 1. The van der Waals surface area contributed by atoms with E-state index in [0.717, 1.165) is 43.1 Å². The largest absolute Gasteiger partial charge is 0.378 e. The molecule has 1 heterocycles. The molecule has 2 N–H and O–H groups in total. The van der Waals surface area contributed by atoms with Crippen LogP contribution in [0.5, 0.6) is 0 Å². The summed E-state index contributed by atoms with van der Waals surface area (Å²) in [4.78, 5) is 14.2. The number of rotatable bonds is 9. The van der Waals surface area contributed by atoms with Crippen LogP contribution in [0.4, 0.5) is 5.69 Å². The van der Waals surface area contributed by atoms with E-state index in [-0.39, 0.29) is 18.4 Å². The summed E-state index contributed by atoms with van der Waals surface area (Å²) in [5.74, 6) is -0.512. The van der Waals surface area contributed by atoms with Crippen molar-refractivity contribution < 1.29 is 19.5 Å². The molecule has 0 bridgehead atoms. The Bertz CT molecular complexity index is 792. The van der Waals surface area contributed by atoms with Crippen molar-refractivity contribution in [3.63, 3.8) is 0 Å². The van der Waals surface area contributed by atoms with Crippen LogP contribution in [-0.4, -0.2) is 50.1 Å². The molecule has 1 amide bonds. The summed E-state index contributed by atoms with van der Waals surface area (Å²) in [7, 11) is 0. The van der Waals surface area contributed by atoms with Crippen LogP contribution in [-0.2, 0) is 20.7 Å². The van der Waals surface area contributed by atoms with Gasteiger partial charge in [-0.25, -0.2) is 5.48 Å². The Hall–Kier alpha value is -2.12. The molecule has 0 saturated carbocycles. The summed E-state index contributed by atoms with van der Waals surface area (Å²) in [5, 5.41) is 9.71. The lowest BCUT2D eigenvalue weighted by Crippen LogP contribution is -2.36. The Labute approximate surface area is 182 Å². The third kappa shape index (κ3) is 6.19. The average molecular weight is 433 g/mol. The van der Waals surface area contributed by atoms with Crippen molar-refractivity contribution in [2.45, 2.75) is 31.8 Å². The molecular formula is C23H29ClN2O4. The maximum absolute atomic E-state index is 11.9. The fourth-order valence-electron chi connectivity index (χ4n) is 3.85. The van der Waals surface area contributed by atoms with E-state index in [1.165, 1.54) is 0 Å². The number of benzene rings is 2. The average Bonchev–Trinajstić information content (AvgIpc) is 2.79. The molecule has 0 radical (unpaired) electrons. The molecule has 30 heavy (non-hydrogen) atoms. The van der Waals surface area contributed by atoms with Crippen LogP contribution in [0, 0.1) is 0 Å². The van der Waals surface area contributed by atoms with Crippen molar-refractivity contribution in [1.82, 2.24) is 5.48 Å². The predicted octanol–water partition coefficient (Wildman–Crippen LogP) is 3.80. The highest BCUT2D eigenvalue weighted by molar-refractivity contribution is 6.30. The number of hydroxylamine groups is 1. The fourth-order valence-corrected chi connectivity index (χ4v) is 3.98. The summed E-state index contributed by atoms with van der Waals surface area (Å²) < 4.78 is 11.4. The molecule has 6 nitrogen and oxygen atoms in total. The minimum absolute atomic E-state index is 0.0536. The Morgan fingerprint density at radius 3 is 2.43 bits per heavy atom. The number of hydrogen-bond acceptors (Lipinski definition) is 5. The molecular weight excluding hydrogens is 404 g/mol. The van der Waals surface area contributed by atoms with Crippen LogP contribution in [0.1, 0.15) is 30.4 Å². The number of nitrogens with zero attached hydrogens (tertiary/aromatic N) is 1. The number of nitrogens with one attached hydrogen (secondary N) is 1. The number of carbonyl (C=O) groups excluding carboxylic acids is 1. The Morgan fingerprint density at radius 2 is 1.83 bits per heavy atom. The SMILES string of the molecule is CCO[C@H](CC(=O)NO)[C@H](Cc1ccc(Cl)cc1)c1ccc(N2CCOCC2)cc1. The molecule has 0 aromatic heterocycles. The third-order valence-electron chi connectivity index (χ3n) is 5.41. The highest BCUT2D eigenvalue weighted by Gasteiger charge is 2.27. The first-order chi connectivity index (χ1) is 14.6. The van der Waals surface area contributed by atoms with E-state index in [1.807, 2.05) is 31.2 Å². The van der Waals surface area contributed by atoms with Crippen LogP contribution in [0.15, 0.2) is 48.5 Å². The Balaban J connectivity index is 1.86. The van der Waals surface area contributed by atoms with E-state index in [9.17, 15) is 4.79 Å². The van der Waals surface area contributed by atoms with Gasteiger partial charge >= 0.3 is 0 Å². The standard InChI is InChI=1S/C23H29ClN2O4/c1-2-30-22(16-23(27)25-28)21(15-17-3-7-19(24)8-4-17)18-5-9-20(10-6-18)26-11-13-29-14-12-26/h3-10,21-22,28H,2,11-16H2,1H3,(H,25,27)/t21-,22-/m1/s1. The van der Waals surface area contributed by atoms with Gasteiger partial charge in [-0.05, 0) is 48.7 Å². The zero-order chi connectivity index (χ0) is 21.3. The summed E-state index contributed by atoms with van der Waals surface area (Å²) in [5.41, 5.74) is 5.09. The molecule has 3 rings (SSSR count). The molecule has 1 fully saturated rings. The summed E-state index contributed by atoms with van der Waals surface area (Å²) >= 11 is 6.04.